The Labute approximate surface area is 162 Å². The molecule has 0 radical (unpaired) electrons. The van der Waals surface area contributed by atoms with Crippen molar-refractivity contribution in [1.82, 2.24) is 20.0 Å². The molecule has 0 bridgehead atoms. The number of carbonyl (C=O) groups is 3. The number of carbonyl (C=O) groups excluding carboxylic acids is 3. The predicted molar refractivity (Wildman–Crippen MR) is 103 cm³/mol. The van der Waals surface area contributed by atoms with Gasteiger partial charge in [0.05, 0.1) is 12.7 Å². The van der Waals surface area contributed by atoms with Gasteiger partial charge < -0.3 is 10.2 Å². The van der Waals surface area contributed by atoms with Crippen molar-refractivity contribution in [3.05, 3.63) is 0 Å². The van der Waals surface area contributed by atoms with Crippen molar-refractivity contribution in [2.24, 2.45) is 11.3 Å². The van der Waals surface area contributed by atoms with E-state index in [1.54, 1.807) is 19.0 Å². The van der Waals surface area contributed by atoms with Crippen LogP contribution in [0.25, 0.3) is 0 Å². The normalized spacial score (nSPS) is 32.3. The second-order valence-electron chi connectivity index (χ2n) is 9.73. The van der Waals surface area contributed by atoms with Crippen molar-refractivity contribution in [2.75, 3.05) is 27.3 Å². The van der Waals surface area contributed by atoms with Gasteiger partial charge in [-0.2, -0.15) is 0 Å². The van der Waals surface area contributed by atoms with Gasteiger partial charge in [0.2, 0.25) is 5.91 Å². The van der Waals surface area contributed by atoms with Crippen molar-refractivity contribution >= 4 is 17.8 Å². The lowest BCUT2D eigenvalue weighted by molar-refractivity contribution is -0.138. The summed E-state index contributed by atoms with van der Waals surface area (Å²) < 4.78 is 0. The third-order valence-corrected chi connectivity index (χ3v) is 6.72. The van der Waals surface area contributed by atoms with Gasteiger partial charge in [0.25, 0.3) is 5.91 Å². The number of imide groups is 1. The van der Waals surface area contributed by atoms with Crippen LogP contribution in [0.15, 0.2) is 0 Å². The number of hydrogen-bond donors (Lipinski definition) is 1. The number of urea groups is 1. The fourth-order valence-electron chi connectivity index (χ4n) is 4.87. The van der Waals surface area contributed by atoms with E-state index in [4.69, 9.17) is 0 Å². The summed E-state index contributed by atoms with van der Waals surface area (Å²) in [4.78, 5) is 43.1. The molecule has 7 nitrogen and oxygen atoms in total. The molecule has 1 atom stereocenters. The Hall–Kier alpha value is -1.63. The lowest BCUT2D eigenvalue weighted by Gasteiger charge is -2.40. The van der Waals surface area contributed by atoms with Crippen molar-refractivity contribution in [3.8, 4) is 0 Å². The van der Waals surface area contributed by atoms with Gasteiger partial charge in [-0.25, -0.2) is 9.69 Å². The smallest absolute Gasteiger partial charge is 0.326 e. The molecule has 0 aromatic heterocycles. The molecule has 2 saturated heterocycles. The van der Waals surface area contributed by atoms with Gasteiger partial charge in [0, 0.05) is 20.6 Å². The maximum atomic E-state index is 13.2. The number of likely N-dealkylation sites (tertiary alicyclic amines) is 1. The highest BCUT2D eigenvalue weighted by Gasteiger charge is 2.54. The first kappa shape index (κ1) is 20.1. The zero-order valence-electron chi connectivity index (χ0n) is 17.4. The quantitative estimate of drug-likeness (QED) is 0.763. The Kier molecular flexibility index (Phi) is 5.27. The van der Waals surface area contributed by atoms with Crippen molar-refractivity contribution in [1.29, 1.82) is 0 Å². The zero-order valence-corrected chi connectivity index (χ0v) is 17.4. The summed E-state index contributed by atoms with van der Waals surface area (Å²) >= 11 is 0. The molecule has 2 heterocycles. The van der Waals surface area contributed by atoms with Gasteiger partial charge >= 0.3 is 6.03 Å². The van der Waals surface area contributed by atoms with E-state index in [1.165, 1.54) is 4.90 Å². The van der Waals surface area contributed by atoms with Crippen LogP contribution in [0.2, 0.25) is 0 Å². The van der Waals surface area contributed by atoms with Gasteiger partial charge in [-0.05, 0) is 49.9 Å². The number of rotatable bonds is 3. The fourth-order valence-corrected chi connectivity index (χ4v) is 4.87. The minimum Gasteiger partial charge on any atom is -0.347 e. The molecule has 27 heavy (non-hydrogen) atoms. The monoisotopic (exact) mass is 378 g/mol. The molecule has 1 spiro atoms. The number of hydrogen-bond acceptors (Lipinski definition) is 4. The van der Waals surface area contributed by atoms with Gasteiger partial charge in [-0.3, -0.25) is 14.5 Å². The highest BCUT2D eigenvalue weighted by Crippen LogP contribution is 2.43. The average Bonchev–Trinajstić information content (AvgIpc) is 3.13. The summed E-state index contributed by atoms with van der Waals surface area (Å²) in [7, 11) is 3.49. The van der Waals surface area contributed by atoms with E-state index >= 15 is 0 Å². The van der Waals surface area contributed by atoms with Crippen LogP contribution < -0.4 is 5.32 Å². The number of nitrogens with one attached hydrogen (secondary N) is 1. The van der Waals surface area contributed by atoms with Crippen LogP contribution in [-0.4, -0.2) is 71.4 Å². The van der Waals surface area contributed by atoms with Crippen LogP contribution in [0.3, 0.4) is 0 Å². The van der Waals surface area contributed by atoms with Crippen molar-refractivity contribution in [2.45, 2.75) is 70.9 Å². The van der Waals surface area contributed by atoms with E-state index in [9.17, 15) is 14.4 Å². The molecule has 0 aromatic carbocycles. The molecular formula is C20H34N4O3. The van der Waals surface area contributed by atoms with E-state index < -0.39 is 5.54 Å². The van der Waals surface area contributed by atoms with E-state index in [0.717, 1.165) is 32.2 Å². The Bertz CT molecular complexity index is 617. The Balaban J connectivity index is 1.68. The van der Waals surface area contributed by atoms with Gasteiger partial charge in [-0.15, -0.1) is 0 Å². The lowest BCUT2D eigenvalue weighted by atomic mass is 9.67. The summed E-state index contributed by atoms with van der Waals surface area (Å²) in [5.74, 6) is 0.505. The van der Waals surface area contributed by atoms with Crippen LogP contribution in [0, 0.1) is 11.3 Å². The van der Waals surface area contributed by atoms with E-state index in [0.29, 0.717) is 18.8 Å². The highest BCUT2D eigenvalue weighted by molar-refractivity contribution is 6.07. The first-order chi connectivity index (χ1) is 12.5. The maximum Gasteiger partial charge on any atom is 0.326 e. The minimum atomic E-state index is -0.736. The zero-order chi connectivity index (χ0) is 20.0. The highest BCUT2D eigenvalue weighted by atomic mass is 16.2. The van der Waals surface area contributed by atoms with E-state index in [1.807, 2.05) is 4.90 Å². The Morgan fingerprint density at radius 3 is 2.37 bits per heavy atom. The van der Waals surface area contributed by atoms with Crippen molar-refractivity contribution < 1.29 is 14.4 Å². The van der Waals surface area contributed by atoms with Gasteiger partial charge in [-0.1, -0.05) is 20.8 Å². The van der Waals surface area contributed by atoms with Crippen LogP contribution in [-0.2, 0) is 9.59 Å². The molecule has 1 aliphatic carbocycles. The second-order valence-corrected chi connectivity index (χ2v) is 9.73. The lowest BCUT2D eigenvalue weighted by Crippen LogP contribution is -2.52. The molecule has 152 valence electrons. The molecular weight excluding hydrogens is 344 g/mol. The third-order valence-electron chi connectivity index (χ3n) is 6.72. The van der Waals surface area contributed by atoms with Crippen LogP contribution >= 0.6 is 0 Å². The summed E-state index contributed by atoms with van der Waals surface area (Å²) in [6, 6.07) is -0.550. The van der Waals surface area contributed by atoms with Crippen LogP contribution in [0.4, 0.5) is 4.79 Å². The summed E-state index contributed by atoms with van der Waals surface area (Å²) in [6.07, 6.45) is 5.00. The fraction of sp³-hybridized carbons (Fsp3) is 0.850. The van der Waals surface area contributed by atoms with Crippen LogP contribution in [0.1, 0.15) is 59.3 Å². The number of amides is 4. The molecule has 1 N–H and O–H groups in total. The molecule has 0 unspecified atom stereocenters. The maximum absolute atomic E-state index is 13.2. The SMILES string of the molecule is CN(C)C(=O)[C@@H]1CCCN1CN1C(=O)NC2(CCC(C(C)(C)C)CC2)C1=O. The van der Waals surface area contributed by atoms with Gasteiger partial charge in [0.1, 0.15) is 5.54 Å². The number of nitrogens with zero attached hydrogens (tertiary/aromatic N) is 3. The predicted octanol–water partition coefficient (Wildman–Crippen LogP) is 2.02. The molecule has 3 aliphatic rings. The Morgan fingerprint density at radius 2 is 1.81 bits per heavy atom. The van der Waals surface area contributed by atoms with E-state index in [2.05, 4.69) is 26.1 Å². The summed E-state index contributed by atoms with van der Waals surface area (Å²) in [5, 5.41) is 3.00. The summed E-state index contributed by atoms with van der Waals surface area (Å²) in [5.41, 5.74) is -0.512. The minimum absolute atomic E-state index is 0.0416. The van der Waals surface area contributed by atoms with Gasteiger partial charge in [0.15, 0.2) is 0 Å². The van der Waals surface area contributed by atoms with Crippen molar-refractivity contribution in [3.63, 3.8) is 0 Å². The molecule has 2 aliphatic heterocycles. The molecule has 3 rings (SSSR count). The average molecular weight is 379 g/mol. The molecule has 7 heteroatoms. The first-order valence-electron chi connectivity index (χ1n) is 10.1. The van der Waals surface area contributed by atoms with E-state index in [-0.39, 0.29) is 36.0 Å². The first-order valence-corrected chi connectivity index (χ1v) is 10.1. The summed E-state index contributed by atoms with van der Waals surface area (Å²) in [6.45, 7) is 7.67. The molecule has 3 fully saturated rings. The molecule has 4 amide bonds. The largest absolute Gasteiger partial charge is 0.347 e. The Morgan fingerprint density at radius 1 is 1.19 bits per heavy atom. The second kappa shape index (κ2) is 7.08. The topological polar surface area (TPSA) is 73.0 Å². The van der Waals surface area contributed by atoms with Crippen LogP contribution in [0.5, 0.6) is 0 Å². The molecule has 0 aromatic rings. The number of likely N-dealkylation sites (N-methyl/N-ethyl adjacent to an activating group) is 1. The standard InChI is InChI=1S/C20H34N4O3/c1-19(2,3)14-8-10-20(11-9-14)17(26)24(18(27)21-20)13-23-12-6-7-15(23)16(25)22(4)5/h14-15H,6-13H2,1-5H3,(H,21,27)/t14?,15-,20?/m0/s1. The third kappa shape index (κ3) is 3.71. The molecule has 1 saturated carbocycles.